The molecule has 29 heavy (non-hydrogen) atoms. The van der Waals surface area contributed by atoms with Crippen LogP contribution in [-0.2, 0) is 0 Å². The van der Waals surface area contributed by atoms with E-state index in [4.69, 9.17) is 4.42 Å². The van der Waals surface area contributed by atoms with Gasteiger partial charge in [0.05, 0.1) is 16.6 Å². The van der Waals surface area contributed by atoms with Crippen molar-refractivity contribution in [1.82, 2.24) is 15.4 Å². The van der Waals surface area contributed by atoms with Gasteiger partial charge < -0.3 is 9.40 Å². The number of aromatic nitrogens is 2. The molecule has 0 saturated heterocycles. The molecule has 1 amide bonds. The Hall–Kier alpha value is -4.19. The molecule has 5 aromatic rings. The van der Waals surface area contributed by atoms with Gasteiger partial charge in [0.25, 0.3) is 5.91 Å². The summed E-state index contributed by atoms with van der Waals surface area (Å²) in [6.45, 7) is 0. The highest BCUT2D eigenvalue weighted by atomic mass is 16.3. The lowest BCUT2D eigenvalue weighted by atomic mass is 10.2. The van der Waals surface area contributed by atoms with E-state index in [1.807, 2.05) is 60.7 Å². The van der Waals surface area contributed by atoms with Gasteiger partial charge in [0.1, 0.15) is 11.4 Å². The minimum atomic E-state index is -0.315. The van der Waals surface area contributed by atoms with Crippen LogP contribution in [-0.4, -0.2) is 15.9 Å². The zero-order chi connectivity index (χ0) is 19.6. The van der Waals surface area contributed by atoms with Crippen LogP contribution in [0, 0.1) is 0 Å². The second-order valence-electron chi connectivity index (χ2n) is 6.52. The topological polar surface area (TPSA) is 83.3 Å². The number of nitrogens with one attached hydrogen (secondary N) is 2. The fourth-order valence-electron chi connectivity index (χ4n) is 3.16. The maximum Gasteiger partial charge on any atom is 0.271 e. The summed E-state index contributed by atoms with van der Waals surface area (Å²) in [6, 6.07) is 26.3. The summed E-state index contributed by atoms with van der Waals surface area (Å²) in [5, 5.41) is 5.17. The van der Waals surface area contributed by atoms with Gasteiger partial charge in [-0.05, 0) is 36.4 Å². The lowest BCUT2D eigenvalue weighted by molar-refractivity contribution is 0.0951. The standard InChI is InChI=1S/C23H16N4O2/c28-22(15-8-2-1-3-9-15)26-27-23-17(14-16-10-4-7-13-20(16)29-23)21-24-18-11-5-6-12-19(18)25-21/h1-14H,(H,24,25)(H,26,28). The van der Waals surface area contributed by atoms with E-state index in [0.29, 0.717) is 22.5 Å². The zero-order valence-corrected chi connectivity index (χ0v) is 15.3. The van der Waals surface area contributed by atoms with E-state index in [0.717, 1.165) is 16.4 Å². The molecule has 0 aliphatic heterocycles. The number of hydrogen-bond acceptors (Lipinski definition) is 4. The van der Waals surface area contributed by atoms with Crippen LogP contribution >= 0.6 is 0 Å². The van der Waals surface area contributed by atoms with Crippen LogP contribution in [0.3, 0.4) is 0 Å². The minimum absolute atomic E-state index is 0.270. The predicted molar refractivity (Wildman–Crippen MR) is 111 cm³/mol. The highest BCUT2D eigenvalue weighted by Gasteiger charge is 2.12. The van der Waals surface area contributed by atoms with Crippen LogP contribution in [0.1, 0.15) is 10.4 Å². The number of imidazole rings is 1. The number of aromatic amines is 1. The first-order valence-electron chi connectivity index (χ1n) is 9.15. The van der Waals surface area contributed by atoms with Gasteiger partial charge in [-0.2, -0.15) is 0 Å². The van der Waals surface area contributed by atoms with Crippen molar-refractivity contribution < 1.29 is 9.21 Å². The Morgan fingerprint density at radius 3 is 2.55 bits per heavy atom. The van der Waals surface area contributed by atoms with Crippen LogP contribution in [0.15, 0.2) is 94.4 Å². The first kappa shape index (κ1) is 16.9. The molecule has 0 aliphatic rings. The fourth-order valence-corrected chi connectivity index (χ4v) is 3.16. The Bertz CT molecular complexity index is 1370. The number of carbonyl (C=O) groups excluding carboxylic acids is 1. The molecule has 0 radical (unpaired) electrons. The average Bonchev–Trinajstić information content (AvgIpc) is 3.21. The van der Waals surface area contributed by atoms with Crippen LogP contribution in [0.25, 0.3) is 33.4 Å². The highest BCUT2D eigenvalue weighted by molar-refractivity contribution is 5.93. The van der Waals surface area contributed by atoms with Crippen LogP contribution in [0.5, 0.6) is 0 Å². The predicted octanol–water partition coefficient (Wildman–Crippen LogP) is 4.22. The van der Waals surface area contributed by atoms with E-state index < -0.39 is 0 Å². The van der Waals surface area contributed by atoms with E-state index in [9.17, 15) is 4.79 Å². The largest absolute Gasteiger partial charge is 0.436 e. The fraction of sp³-hybridized carbons (Fsp3) is 0. The zero-order valence-electron chi connectivity index (χ0n) is 15.3. The van der Waals surface area contributed by atoms with Crippen molar-refractivity contribution in [1.29, 1.82) is 0 Å². The van der Waals surface area contributed by atoms with Gasteiger partial charge in [-0.25, -0.2) is 10.4 Å². The molecule has 2 N–H and O–H groups in total. The normalized spacial score (nSPS) is 11.8. The molecule has 0 saturated carbocycles. The Kier molecular flexibility index (Phi) is 4.14. The van der Waals surface area contributed by atoms with Gasteiger partial charge in [0.15, 0.2) is 0 Å². The molecular formula is C23H16N4O2. The van der Waals surface area contributed by atoms with Crippen molar-refractivity contribution in [2.75, 3.05) is 0 Å². The van der Waals surface area contributed by atoms with Crippen molar-refractivity contribution in [3.63, 3.8) is 0 Å². The number of H-pyrrole nitrogens is 1. The number of amides is 1. The second-order valence-corrected chi connectivity index (χ2v) is 6.52. The Morgan fingerprint density at radius 1 is 0.931 bits per heavy atom. The molecule has 2 aromatic heterocycles. The Labute approximate surface area is 165 Å². The van der Waals surface area contributed by atoms with E-state index >= 15 is 0 Å². The molecule has 5 rings (SSSR count). The van der Waals surface area contributed by atoms with Gasteiger partial charge in [-0.15, -0.1) is 5.10 Å². The van der Waals surface area contributed by atoms with Crippen LogP contribution in [0.2, 0.25) is 0 Å². The van der Waals surface area contributed by atoms with E-state index in [-0.39, 0.29) is 11.5 Å². The molecule has 3 aromatic carbocycles. The van der Waals surface area contributed by atoms with E-state index in [1.165, 1.54) is 0 Å². The molecular weight excluding hydrogens is 364 g/mol. The van der Waals surface area contributed by atoms with E-state index in [1.54, 1.807) is 24.3 Å². The summed E-state index contributed by atoms with van der Waals surface area (Å²) in [6.07, 6.45) is 0. The Morgan fingerprint density at radius 2 is 1.69 bits per heavy atom. The third-order valence-corrected chi connectivity index (χ3v) is 4.60. The maximum absolute atomic E-state index is 12.4. The molecule has 0 bridgehead atoms. The lowest BCUT2D eigenvalue weighted by Crippen LogP contribution is -2.22. The van der Waals surface area contributed by atoms with E-state index in [2.05, 4.69) is 20.5 Å². The first-order valence-corrected chi connectivity index (χ1v) is 9.15. The van der Waals surface area contributed by atoms with Crippen molar-refractivity contribution in [3.8, 4) is 11.4 Å². The summed E-state index contributed by atoms with van der Waals surface area (Å²) in [5.74, 6) is 0.304. The molecule has 0 atom stereocenters. The Balaban J connectivity index is 1.64. The molecule has 0 fully saturated rings. The number of rotatable bonds is 3. The number of fused-ring (bicyclic) bond motifs is 2. The van der Waals surface area contributed by atoms with Gasteiger partial charge in [-0.3, -0.25) is 4.79 Å². The smallest absolute Gasteiger partial charge is 0.271 e. The van der Waals surface area contributed by atoms with Crippen molar-refractivity contribution in [2.24, 2.45) is 5.10 Å². The molecule has 140 valence electrons. The van der Waals surface area contributed by atoms with Crippen LogP contribution < -0.4 is 11.0 Å². The summed E-state index contributed by atoms with van der Waals surface area (Å²) in [5.41, 5.74) is 6.44. The maximum atomic E-state index is 12.4. The second kappa shape index (κ2) is 7.09. The number of nitrogens with zero attached hydrogens (tertiary/aromatic N) is 2. The third-order valence-electron chi connectivity index (χ3n) is 4.60. The quantitative estimate of drug-likeness (QED) is 0.460. The van der Waals surface area contributed by atoms with Gasteiger partial charge >= 0.3 is 0 Å². The van der Waals surface area contributed by atoms with Crippen molar-refractivity contribution in [2.45, 2.75) is 0 Å². The SMILES string of the molecule is O=C(NN=c1oc2ccccc2cc1-c1nc2ccccc2[nH]1)c1ccccc1. The monoisotopic (exact) mass is 380 g/mol. The summed E-state index contributed by atoms with van der Waals surface area (Å²) in [7, 11) is 0. The highest BCUT2D eigenvalue weighted by Crippen LogP contribution is 2.21. The van der Waals surface area contributed by atoms with Gasteiger partial charge in [-0.1, -0.05) is 48.5 Å². The number of carbonyl (C=O) groups is 1. The van der Waals surface area contributed by atoms with Crippen LogP contribution in [0.4, 0.5) is 0 Å². The molecule has 0 aliphatic carbocycles. The first-order chi connectivity index (χ1) is 14.3. The summed E-state index contributed by atoms with van der Waals surface area (Å²) < 4.78 is 5.99. The number of hydrogen-bond donors (Lipinski definition) is 2. The van der Waals surface area contributed by atoms with Gasteiger partial charge in [0, 0.05) is 10.9 Å². The number of para-hydroxylation sites is 3. The van der Waals surface area contributed by atoms with Crippen molar-refractivity contribution in [3.05, 3.63) is 96.0 Å². The minimum Gasteiger partial charge on any atom is -0.436 e. The third kappa shape index (κ3) is 3.27. The average molecular weight is 380 g/mol. The molecule has 0 unspecified atom stereocenters. The molecule has 2 heterocycles. The summed E-state index contributed by atoms with van der Waals surface area (Å²) in [4.78, 5) is 20.3. The summed E-state index contributed by atoms with van der Waals surface area (Å²) >= 11 is 0. The van der Waals surface area contributed by atoms with Gasteiger partial charge in [0.2, 0.25) is 5.55 Å². The molecule has 6 heteroatoms. The number of benzene rings is 3. The lowest BCUT2D eigenvalue weighted by Gasteiger charge is -2.03. The molecule has 0 spiro atoms. The molecule has 6 nitrogen and oxygen atoms in total. The van der Waals surface area contributed by atoms with Crippen molar-refractivity contribution >= 4 is 27.9 Å².